The summed E-state index contributed by atoms with van der Waals surface area (Å²) in [7, 11) is 0. The van der Waals surface area contributed by atoms with Gasteiger partial charge in [0.05, 0.1) is 24.3 Å². The molecule has 1 aliphatic rings. The molecule has 2 rings (SSSR count). The predicted octanol–water partition coefficient (Wildman–Crippen LogP) is 3.89. The number of nitrogens with one attached hydrogen (secondary N) is 1. The van der Waals surface area contributed by atoms with Gasteiger partial charge in [-0.3, -0.25) is 4.84 Å². The molecule has 0 spiro atoms. The molecule has 0 aliphatic carbocycles. The first-order valence-corrected chi connectivity index (χ1v) is 6.08. The average molecular weight is 328 g/mol. The fraction of sp³-hybridized carbons (Fsp3) is 0.417. The maximum atomic E-state index is 12.7. The van der Waals surface area contributed by atoms with Crippen LogP contribution in [0.2, 0.25) is 0 Å². The van der Waals surface area contributed by atoms with Crippen molar-refractivity contribution in [1.82, 2.24) is 5.06 Å². The van der Waals surface area contributed by atoms with Gasteiger partial charge >= 0.3 is 18.4 Å². The number of hydrogen-bond acceptors (Lipinski definition) is 2. The number of anilines is 1. The fourth-order valence-corrected chi connectivity index (χ4v) is 1.82. The SMILES string of the molecule is O=C(Nc1cc(C(F)(F)F)cc(C(F)(F)F)c1)N1CCCO1. The Bertz CT molecular complexity index is 531. The van der Waals surface area contributed by atoms with Gasteiger partial charge in [-0.05, 0) is 24.6 Å². The van der Waals surface area contributed by atoms with Gasteiger partial charge in [-0.1, -0.05) is 0 Å². The van der Waals surface area contributed by atoms with Gasteiger partial charge in [-0.15, -0.1) is 0 Å². The van der Waals surface area contributed by atoms with Gasteiger partial charge in [-0.25, -0.2) is 9.86 Å². The van der Waals surface area contributed by atoms with Crippen molar-refractivity contribution in [3.8, 4) is 0 Å². The highest BCUT2D eigenvalue weighted by molar-refractivity contribution is 5.89. The fourth-order valence-electron chi connectivity index (χ4n) is 1.82. The van der Waals surface area contributed by atoms with Gasteiger partial charge in [0, 0.05) is 5.69 Å². The molecular formula is C12H10F6N2O2. The van der Waals surface area contributed by atoms with E-state index in [4.69, 9.17) is 4.84 Å². The van der Waals surface area contributed by atoms with Crippen LogP contribution in [0.4, 0.5) is 36.8 Å². The van der Waals surface area contributed by atoms with E-state index in [1.807, 2.05) is 5.32 Å². The minimum Gasteiger partial charge on any atom is -0.306 e. The molecule has 1 heterocycles. The van der Waals surface area contributed by atoms with Gasteiger partial charge in [-0.2, -0.15) is 26.3 Å². The van der Waals surface area contributed by atoms with Crippen LogP contribution < -0.4 is 5.32 Å². The zero-order chi connectivity index (χ0) is 16.5. The van der Waals surface area contributed by atoms with E-state index in [0.29, 0.717) is 18.6 Å². The summed E-state index contributed by atoms with van der Waals surface area (Å²) in [5.74, 6) is 0. The Hall–Kier alpha value is -1.97. The maximum Gasteiger partial charge on any atom is 0.416 e. The molecule has 1 aromatic rings. The van der Waals surface area contributed by atoms with Crippen molar-refractivity contribution in [2.75, 3.05) is 18.5 Å². The number of alkyl halides is 6. The maximum absolute atomic E-state index is 12.7. The normalized spacial score (nSPS) is 16.0. The first-order valence-electron chi connectivity index (χ1n) is 6.08. The smallest absolute Gasteiger partial charge is 0.306 e. The zero-order valence-electron chi connectivity index (χ0n) is 10.9. The van der Waals surface area contributed by atoms with E-state index in [-0.39, 0.29) is 19.2 Å². The van der Waals surface area contributed by atoms with Crippen molar-refractivity contribution in [1.29, 1.82) is 0 Å². The van der Waals surface area contributed by atoms with Crippen LogP contribution in [0.3, 0.4) is 0 Å². The molecular weight excluding hydrogens is 318 g/mol. The highest BCUT2D eigenvalue weighted by Crippen LogP contribution is 2.37. The number of amides is 2. The predicted molar refractivity (Wildman–Crippen MR) is 62.7 cm³/mol. The van der Waals surface area contributed by atoms with E-state index in [9.17, 15) is 31.1 Å². The number of nitrogens with zero attached hydrogens (tertiary/aromatic N) is 1. The lowest BCUT2D eigenvalue weighted by Crippen LogP contribution is -2.31. The summed E-state index contributed by atoms with van der Waals surface area (Å²) in [6, 6.07) is -0.0704. The van der Waals surface area contributed by atoms with Crippen LogP contribution >= 0.6 is 0 Å². The molecule has 1 aliphatic heterocycles. The molecule has 0 radical (unpaired) electrons. The van der Waals surface area contributed by atoms with Gasteiger partial charge < -0.3 is 5.32 Å². The van der Waals surface area contributed by atoms with Crippen molar-refractivity contribution >= 4 is 11.7 Å². The minimum absolute atomic E-state index is 0.0119. The van der Waals surface area contributed by atoms with E-state index >= 15 is 0 Å². The lowest BCUT2D eigenvalue weighted by atomic mass is 10.1. The first kappa shape index (κ1) is 16.4. The summed E-state index contributed by atoms with van der Waals surface area (Å²) in [5.41, 5.74) is -3.61. The third-order valence-corrected chi connectivity index (χ3v) is 2.82. The Morgan fingerprint density at radius 3 is 2.00 bits per heavy atom. The highest BCUT2D eigenvalue weighted by atomic mass is 19.4. The molecule has 2 amide bonds. The molecule has 4 nitrogen and oxygen atoms in total. The number of urea groups is 1. The summed E-state index contributed by atoms with van der Waals surface area (Å²) < 4.78 is 76.0. The largest absolute Gasteiger partial charge is 0.416 e. The van der Waals surface area contributed by atoms with Crippen LogP contribution in [0.1, 0.15) is 17.5 Å². The zero-order valence-corrected chi connectivity index (χ0v) is 10.9. The molecule has 0 aromatic heterocycles. The van der Waals surface area contributed by atoms with E-state index < -0.39 is 35.2 Å². The van der Waals surface area contributed by atoms with E-state index in [1.54, 1.807) is 0 Å². The van der Waals surface area contributed by atoms with Crippen molar-refractivity contribution < 1.29 is 36.0 Å². The van der Waals surface area contributed by atoms with Gasteiger partial charge in [0.25, 0.3) is 0 Å². The molecule has 1 N–H and O–H groups in total. The number of carbonyl (C=O) groups is 1. The standard InChI is InChI=1S/C12H10F6N2O2/c13-11(14,15)7-4-8(12(16,17)18)6-9(5-7)19-10(21)20-2-1-3-22-20/h4-6H,1-3H2,(H,19,21). The third kappa shape index (κ3) is 3.81. The van der Waals surface area contributed by atoms with Crippen LogP contribution in [0, 0.1) is 0 Å². The second-order valence-electron chi connectivity index (χ2n) is 4.51. The van der Waals surface area contributed by atoms with E-state index in [1.165, 1.54) is 0 Å². The summed E-state index contributed by atoms with van der Waals surface area (Å²) in [6.07, 6.45) is -9.40. The van der Waals surface area contributed by atoms with Crippen molar-refractivity contribution in [3.05, 3.63) is 29.3 Å². The molecule has 1 fully saturated rings. The molecule has 0 unspecified atom stereocenters. The van der Waals surface area contributed by atoms with Crippen LogP contribution in [0.15, 0.2) is 18.2 Å². The number of benzene rings is 1. The number of rotatable bonds is 1. The highest BCUT2D eigenvalue weighted by Gasteiger charge is 2.37. The number of hydroxylamine groups is 2. The second-order valence-corrected chi connectivity index (χ2v) is 4.51. The van der Waals surface area contributed by atoms with E-state index in [0.717, 1.165) is 5.06 Å². The molecule has 0 bridgehead atoms. The van der Waals surface area contributed by atoms with Gasteiger partial charge in [0.1, 0.15) is 0 Å². The first-order chi connectivity index (χ1) is 10.1. The van der Waals surface area contributed by atoms with Gasteiger partial charge in [0.2, 0.25) is 0 Å². The number of hydrogen-bond donors (Lipinski definition) is 1. The number of carbonyl (C=O) groups excluding carboxylic acids is 1. The lowest BCUT2D eigenvalue weighted by Gasteiger charge is -2.17. The Labute approximate surface area is 120 Å². The molecule has 0 atom stereocenters. The quantitative estimate of drug-likeness (QED) is 0.795. The molecule has 1 aromatic carbocycles. The second kappa shape index (κ2) is 5.67. The molecule has 10 heteroatoms. The van der Waals surface area contributed by atoms with Gasteiger partial charge in [0.15, 0.2) is 0 Å². The number of halogens is 6. The molecule has 122 valence electrons. The lowest BCUT2D eigenvalue weighted by molar-refractivity contribution is -0.143. The van der Waals surface area contributed by atoms with E-state index in [2.05, 4.69) is 0 Å². The molecule has 0 saturated carbocycles. The minimum atomic E-state index is -4.97. The third-order valence-electron chi connectivity index (χ3n) is 2.82. The summed E-state index contributed by atoms with van der Waals surface area (Å²) in [6.45, 7) is 0.459. The molecule has 1 saturated heterocycles. The Morgan fingerprint density at radius 2 is 1.59 bits per heavy atom. The summed E-state index contributed by atoms with van der Waals surface area (Å²) in [4.78, 5) is 16.5. The summed E-state index contributed by atoms with van der Waals surface area (Å²) >= 11 is 0. The Kier molecular flexibility index (Phi) is 4.23. The summed E-state index contributed by atoms with van der Waals surface area (Å²) in [5, 5.41) is 2.81. The van der Waals surface area contributed by atoms with Crippen molar-refractivity contribution in [2.45, 2.75) is 18.8 Å². The average Bonchev–Trinajstić information content (AvgIpc) is 2.90. The van der Waals surface area contributed by atoms with Crippen LogP contribution in [0.5, 0.6) is 0 Å². The topological polar surface area (TPSA) is 41.6 Å². The Balaban J connectivity index is 2.31. The van der Waals surface area contributed by atoms with Crippen molar-refractivity contribution in [3.63, 3.8) is 0 Å². The monoisotopic (exact) mass is 328 g/mol. The van der Waals surface area contributed by atoms with Crippen LogP contribution in [-0.2, 0) is 17.2 Å². The molecule has 22 heavy (non-hydrogen) atoms. The van der Waals surface area contributed by atoms with Crippen LogP contribution in [-0.4, -0.2) is 24.2 Å². The Morgan fingerprint density at radius 1 is 1.05 bits per heavy atom. The van der Waals surface area contributed by atoms with Crippen LogP contribution in [0.25, 0.3) is 0 Å². The van der Waals surface area contributed by atoms with Crippen molar-refractivity contribution in [2.24, 2.45) is 0 Å².